The summed E-state index contributed by atoms with van der Waals surface area (Å²) in [5.41, 5.74) is 0.727. The number of halogens is 1. The molecule has 6 heteroatoms. The molecule has 1 fully saturated rings. The fraction of sp³-hybridized carbons (Fsp3) is 0.692. The van der Waals surface area contributed by atoms with Crippen LogP contribution < -0.4 is 0 Å². The molecule has 2 unspecified atom stereocenters. The minimum Gasteiger partial charge on any atom is -0.363 e. The zero-order valence-electron chi connectivity index (χ0n) is 11.4. The van der Waals surface area contributed by atoms with Crippen LogP contribution in [0.1, 0.15) is 38.3 Å². The van der Waals surface area contributed by atoms with E-state index in [9.17, 15) is 8.42 Å². The van der Waals surface area contributed by atoms with Gasteiger partial charge in [-0.15, -0.1) is 11.6 Å². The standard InChI is InChI=1S/C13H21ClN2O2S/c1-10-5-3-4-6-13(10)16(2)19(17,18)12-7-11(8-14)15-9-12/h7,9-10,13,15H,3-6,8H2,1-2H3. The summed E-state index contributed by atoms with van der Waals surface area (Å²) in [6.45, 7) is 2.14. The summed E-state index contributed by atoms with van der Waals surface area (Å²) in [4.78, 5) is 3.20. The van der Waals surface area contributed by atoms with Crippen molar-refractivity contribution < 1.29 is 8.42 Å². The van der Waals surface area contributed by atoms with Crippen LogP contribution in [0.3, 0.4) is 0 Å². The molecule has 2 atom stereocenters. The molecule has 1 aliphatic rings. The lowest BCUT2D eigenvalue weighted by atomic mass is 9.86. The van der Waals surface area contributed by atoms with Gasteiger partial charge in [-0.05, 0) is 24.8 Å². The van der Waals surface area contributed by atoms with Crippen LogP contribution in [0.25, 0.3) is 0 Å². The Morgan fingerprint density at radius 3 is 2.68 bits per heavy atom. The molecule has 1 heterocycles. The van der Waals surface area contributed by atoms with Gasteiger partial charge in [-0.2, -0.15) is 4.31 Å². The quantitative estimate of drug-likeness (QED) is 0.870. The van der Waals surface area contributed by atoms with Gasteiger partial charge < -0.3 is 4.98 Å². The Hall–Kier alpha value is -0.520. The van der Waals surface area contributed by atoms with E-state index in [1.807, 2.05) is 0 Å². The van der Waals surface area contributed by atoms with Crippen LogP contribution in [-0.2, 0) is 15.9 Å². The number of aromatic nitrogens is 1. The Labute approximate surface area is 120 Å². The molecule has 0 saturated heterocycles. The predicted octanol–water partition coefficient (Wildman–Crippen LogP) is 2.95. The normalized spacial score (nSPS) is 24.8. The number of rotatable bonds is 4. The second-order valence-electron chi connectivity index (χ2n) is 5.34. The maximum absolute atomic E-state index is 12.6. The van der Waals surface area contributed by atoms with Gasteiger partial charge in [-0.3, -0.25) is 0 Å². The van der Waals surface area contributed by atoms with Crippen molar-refractivity contribution in [3.8, 4) is 0 Å². The topological polar surface area (TPSA) is 53.2 Å². The molecule has 19 heavy (non-hydrogen) atoms. The molecule has 1 aromatic heterocycles. The lowest BCUT2D eigenvalue weighted by Crippen LogP contribution is -2.42. The van der Waals surface area contributed by atoms with Crippen molar-refractivity contribution in [1.29, 1.82) is 0 Å². The second-order valence-corrected chi connectivity index (χ2v) is 7.61. The van der Waals surface area contributed by atoms with Gasteiger partial charge in [-0.1, -0.05) is 19.8 Å². The zero-order chi connectivity index (χ0) is 14.0. The van der Waals surface area contributed by atoms with Gasteiger partial charge >= 0.3 is 0 Å². The first kappa shape index (κ1) is 14.9. The maximum atomic E-state index is 12.6. The van der Waals surface area contributed by atoms with E-state index in [1.165, 1.54) is 16.9 Å². The van der Waals surface area contributed by atoms with E-state index in [0.29, 0.717) is 16.7 Å². The second kappa shape index (κ2) is 5.85. The molecule has 0 aliphatic heterocycles. The number of nitrogens with one attached hydrogen (secondary N) is 1. The smallest absolute Gasteiger partial charge is 0.244 e. The first-order chi connectivity index (χ1) is 8.96. The fourth-order valence-electron chi connectivity index (χ4n) is 2.83. The number of aromatic amines is 1. The van der Waals surface area contributed by atoms with Crippen LogP contribution in [0.4, 0.5) is 0 Å². The van der Waals surface area contributed by atoms with Crippen molar-refractivity contribution in [1.82, 2.24) is 9.29 Å². The molecular formula is C13H21ClN2O2S. The average Bonchev–Trinajstić information content (AvgIpc) is 2.88. The number of hydrogen-bond donors (Lipinski definition) is 1. The average molecular weight is 305 g/mol. The zero-order valence-corrected chi connectivity index (χ0v) is 13.0. The third-order valence-electron chi connectivity index (χ3n) is 4.07. The molecular weight excluding hydrogens is 284 g/mol. The first-order valence-electron chi connectivity index (χ1n) is 6.68. The van der Waals surface area contributed by atoms with Crippen molar-refractivity contribution >= 4 is 21.6 Å². The minimum absolute atomic E-state index is 0.105. The molecule has 108 valence electrons. The van der Waals surface area contributed by atoms with Crippen LogP contribution in [0.5, 0.6) is 0 Å². The molecule has 1 saturated carbocycles. The van der Waals surface area contributed by atoms with Crippen LogP contribution in [0.15, 0.2) is 17.2 Å². The van der Waals surface area contributed by atoms with Crippen LogP contribution in [0.2, 0.25) is 0 Å². The summed E-state index contributed by atoms with van der Waals surface area (Å²) >= 11 is 5.70. The third-order valence-corrected chi connectivity index (χ3v) is 6.22. The van der Waals surface area contributed by atoms with Crippen LogP contribution in [0, 0.1) is 5.92 Å². The van der Waals surface area contributed by atoms with Gasteiger partial charge in [0.25, 0.3) is 0 Å². The van der Waals surface area contributed by atoms with Gasteiger partial charge in [0.1, 0.15) is 0 Å². The highest BCUT2D eigenvalue weighted by atomic mass is 35.5. The van der Waals surface area contributed by atoms with Crippen molar-refractivity contribution in [2.24, 2.45) is 5.92 Å². The summed E-state index contributed by atoms with van der Waals surface area (Å²) in [7, 11) is -1.73. The van der Waals surface area contributed by atoms with Gasteiger partial charge in [0.15, 0.2) is 0 Å². The van der Waals surface area contributed by atoms with Gasteiger partial charge in [-0.25, -0.2) is 8.42 Å². The monoisotopic (exact) mass is 304 g/mol. The van der Waals surface area contributed by atoms with Crippen molar-refractivity contribution in [2.45, 2.75) is 49.4 Å². The highest BCUT2D eigenvalue weighted by molar-refractivity contribution is 7.89. The summed E-state index contributed by atoms with van der Waals surface area (Å²) < 4.78 is 26.7. The van der Waals surface area contributed by atoms with E-state index >= 15 is 0 Å². The molecule has 1 aromatic rings. The minimum atomic E-state index is -3.42. The number of nitrogens with zero attached hydrogens (tertiary/aromatic N) is 1. The van der Waals surface area contributed by atoms with E-state index in [-0.39, 0.29) is 6.04 Å². The summed E-state index contributed by atoms with van der Waals surface area (Å²) in [6.07, 6.45) is 5.88. The Morgan fingerprint density at radius 1 is 1.42 bits per heavy atom. The predicted molar refractivity (Wildman–Crippen MR) is 76.7 cm³/mol. The van der Waals surface area contributed by atoms with E-state index < -0.39 is 10.0 Å². The van der Waals surface area contributed by atoms with E-state index in [1.54, 1.807) is 13.1 Å². The third kappa shape index (κ3) is 2.98. The lowest BCUT2D eigenvalue weighted by molar-refractivity contribution is 0.213. The molecule has 4 nitrogen and oxygen atoms in total. The van der Waals surface area contributed by atoms with Crippen molar-refractivity contribution in [3.63, 3.8) is 0 Å². The fourth-order valence-corrected chi connectivity index (χ4v) is 4.48. The van der Waals surface area contributed by atoms with E-state index in [0.717, 1.165) is 25.0 Å². The number of H-pyrrole nitrogens is 1. The van der Waals surface area contributed by atoms with Crippen molar-refractivity contribution in [3.05, 3.63) is 18.0 Å². The molecule has 1 aliphatic carbocycles. The molecule has 1 N–H and O–H groups in total. The Bertz CT molecular complexity index is 527. The Kier molecular flexibility index (Phi) is 4.58. The lowest BCUT2D eigenvalue weighted by Gasteiger charge is -2.35. The molecule has 0 amide bonds. The van der Waals surface area contributed by atoms with Crippen LogP contribution in [-0.4, -0.2) is 30.8 Å². The Morgan fingerprint density at radius 2 is 2.11 bits per heavy atom. The SMILES string of the molecule is CC1CCCCC1N(C)S(=O)(=O)c1c[nH]c(CCl)c1. The van der Waals surface area contributed by atoms with E-state index in [2.05, 4.69) is 11.9 Å². The summed E-state index contributed by atoms with van der Waals surface area (Å²) in [6, 6.07) is 1.72. The number of alkyl halides is 1. The van der Waals surface area contributed by atoms with Crippen LogP contribution >= 0.6 is 11.6 Å². The maximum Gasteiger partial charge on any atom is 0.244 e. The first-order valence-corrected chi connectivity index (χ1v) is 8.65. The number of sulfonamides is 1. The molecule has 0 aromatic carbocycles. The molecule has 0 radical (unpaired) electrons. The van der Waals surface area contributed by atoms with Gasteiger partial charge in [0, 0.05) is 25.0 Å². The highest BCUT2D eigenvalue weighted by Crippen LogP contribution is 2.30. The Balaban J connectivity index is 2.23. The van der Waals surface area contributed by atoms with Crippen molar-refractivity contribution in [2.75, 3.05) is 7.05 Å². The molecule has 2 rings (SSSR count). The van der Waals surface area contributed by atoms with Gasteiger partial charge in [0.2, 0.25) is 10.0 Å². The molecule has 0 spiro atoms. The van der Waals surface area contributed by atoms with Gasteiger partial charge in [0.05, 0.1) is 10.8 Å². The van der Waals surface area contributed by atoms with E-state index in [4.69, 9.17) is 11.6 Å². The number of hydrogen-bond acceptors (Lipinski definition) is 2. The summed E-state index contributed by atoms with van der Waals surface area (Å²) in [5, 5.41) is 0. The largest absolute Gasteiger partial charge is 0.363 e. The summed E-state index contributed by atoms with van der Waals surface area (Å²) in [5.74, 6) is 0.707. The highest BCUT2D eigenvalue weighted by Gasteiger charge is 2.33. The molecule has 0 bridgehead atoms.